The molecular weight excluding hydrogens is 1060 g/mol. The van der Waals surface area contributed by atoms with Gasteiger partial charge in [0.15, 0.2) is 0 Å². The Kier molecular flexibility index (Phi) is 17.8. The Morgan fingerprint density at radius 1 is 0.318 bits per heavy atom. The molecule has 15 rings (SSSR count). The highest BCUT2D eigenvalue weighted by molar-refractivity contribution is 6.12. The molecule has 1 aromatic heterocycles. The van der Waals surface area contributed by atoms with Crippen LogP contribution in [0.5, 0.6) is 0 Å². The van der Waals surface area contributed by atoms with E-state index in [1.165, 1.54) is 132 Å². The van der Waals surface area contributed by atoms with E-state index in [1.54, 1.807) is 0 Å². The van der Waals surface area contributed by atoms with Crippen molar-refractivity contribution in [2.24, 2.45) is 0 Å². The van der Waals surface area contributed by atoms with E-state index in [0.717, 1.165) is 17.1 Å². The minimum absolute atomic E-state index is 0.527. The summed E-state index contributed by atoms with van der Waals surface area (Å²) in [6.45, 7) is 23.3. The van der Waals surface area contributed by atoms with Gasteiger partial charge in [0.1, 0.15) is 0 Å². The maximum absolute atomic E-state index is 2.51. The summed E-state index contributed by atoms with van der Waals surface area (Å²) in [4.78, 5) is 2.49. The van der Waals surface area contributed by atoms with Crippen LogP contribution >= 0.6 is 0 Å². The lowest BCUT2D eigenvalue weighted by Gasteiger charge is -2.35. The second-order valence-corrected chi connectivity index (χ2v) is 22.9. The molecule has 0 bridgehead atoms. The van der Waals surface area contributed by atoms with Gasteiger partial charge in [0.2, 0.25) is 0 Å². The Hall–Kier alpha value is -10.0. The van der Waals surface area contributed by atoms with E-state index in [0.29, 0.717) is 0 Å². The van der Waals surface area contributed by atoms with Crippen molar-refractivity contribution in [2.75, 3.05) is 4.90 Å². The fourth-order valence-electron chi connectivity index (χ4n) is 13.6. The molecule has 0 amide bonds. The van der Waals surface area contributed by atoms with Crippen LogP contribution in [-0.4, -0.2) is 4.57 Å². The number of hydrogen-bond acceptors (Lipinski definition) is 1. The van der Waals surface area contributed by atoms with Gasteiger partial charge in [-0.3, -0.25) is 0 Å². The molecule has 13 aromatic carbocycles. The third-order valence-electron chi connectivity index (χ3n) is 17.1. The zero-order chi connectivity index (χ0) is 61.5. The van der Waals surface area contributed by atoms with Crippen molar-refractivity contribution in [3.63, 3.8) is 0 Å². The van der Waals surface area contributed by atoms with Crippen molar-refractivity contribution in [3.8, 4) is 27.9 Å². The second kappa shape index (κ2) is 26.3. The number of anilines is 3. The highest BCUT2D eigenvalue weighted by Gasteiger charge is 2.47. The third-order valence-corrected chi connectivity index (χ3v) is 17.1. The van der Waals surface area contributed by atoms with Crippen LogP contribution < -0.4 is 4.90 Å². The third kappa shape index (κ3) is 11.1. The summed E-state index contributed by atoms with van der Waals surface area (Å²) in [6.07, 6.45) is 0. The van der Waals surface area contributed by atoms with E-state index in [1.807, 2.05) is 45.9 Å². The summed E-state index contributed by atoms with van der Waals surface area (Å²) < 4.78 is 2.43. The molecule has 0 fully saturated rings. The summed E-state index contributed by atoms with van der Waals surface area (Å²) in [5.74, 6) is 0. The molecule has 88 heavy (non-hydrogen) atoms. The standard InChI is InChI=1S/C53H39N.C22H21N.C7H8.2C2H6/c1-36-16-13-24-42(32-36)54(43-25-14-19-39(34-43)45-29-15-18-38-17-9-10-26-44(38)45)51-35-50-52(47-28-12-11-27-46(47)51)48-31-30-37(2)33-49(48)53(50,40-20-5-3-6-21-40)41-22-7-4-8-23-41;1-14-12-16(3)22(17(4)13-14)23-19-10-6-5-9-18(19)21-15(2)8-7-11-20(21)23;1-7-5-3-2-4-6-7;2*1-2/h3-35H,1-2H3;5-13H,1-4H3;2-6H,1H3;2*1-2H3. The monoisotopic (exact) mass is 1140 g/mol. The first kappa shape index (κ1) is 59.7. The first-order chi connectivity index (χ1) is 43.1. The van der Waals surface area contributed by atoms with Crippen molar-refractivity contribution in [1.29, 1.82) is 0 Å². The van der Waals surface area contributed by atoms with Gasteiger partial charge >= 0.3 is 0 Å². The Morgan fingerprint density at radius 2 is 0.830 bits per heavy atom. The maximum Gasteiger partial charge on any atom is 0.0714 e. The van der Waals surface area contributed by atoms with Gasteiger partial charge in [0.25, 0.3) is 0 Å². The van der Waals surface area contributed by atoms with E-state index in [-0.39, 0.29) is 0 Å². The lowest BCUT2D eigenvalue weighted by molar-refractivity contribution is 0.768. The predicted molar refractivity (Wildman–Crippen MR) is 382 cm³/mol. The first-order valence-corrected chi connectivity index (χ1v) is 31.4. The fraction of sp³-hybridized carbons (Fsp3) is 0.140. The van der Waals surface area contributed by atoms with Crippen molar-refractivity contribution >= 4 is 60.4 Å². The molecule has 0 aliphatic heterocycles. The normalized spacial score (nSPS) is 11.7. The second-order valence-electron chi connectivity index (χ2n) is 22.9. The average Bonchev–Trinajstić information content (AvgIpc) is 1.54. The highest BCUT2D eigenvalue weighted by atomic mass is 15.1. The Bertz CT molecular complexity index is 4670. The lowest BCUT2D eigenvalue weighted by Crippen LogP contribution is -2.29. The summed E-state index contributed by atoms with van der Waals surface area (Å²) in [7, 11) is 0. The van der Waals surface area contributed by atoms with E-state index in [9.17, 15) is 0 Å². The fourth-order valence-corrected chi connectivity index (χ4v) is 13.6. The molecule has 0 N–H and O–H groups in total. The number of para-hydroxylation sites is 1. The molecule has 434 valence electrons. The number of hydrogen-bond donors (Lipinski definition) is 0. The number of aryl methyl sites for hydroxylation is 7. The molecule has 0 saturated carbocycles. The SMILES string of the molecule is CC.CC.Cc1cc(C)c(-n2c3ccccc3c3c(C)cccc32)c(C)c1.Cc1cccc(N(c2cccc(-c3cccc4ccccc34)c2)c2cc3c(c4ccccc24)-c2ccc(C)cc2C3(c2ccccc2)c2ccccc2)c1.Cc1ccccc1. The van der Waals surface area contributed by atoms with E-state index in [2.05, 4.69) is 325 Å². The zero-order valence-electron chi connectivity index (χ0n) is 53.0. The Labute approximate surface area is 522 Å². The number of rotatable bonds is 7. The van der Waals surface area contributed by atoms with Crippen LogP contribution in [0.15, 0.2) is 285 Å². The highest BCUT2D eigenvalue weighted by Crippen LogP contribution is 2.60. The van der Waals surface area contributed by atoms with Gasteiger partial charge in [-0.25, -0.2) is 0 Å². The number of nitrogens with zero attached hydrogens (tertiary/aromatic N) is 2. The maximum atomic E-state index is 2.51. The van der Waals surface area contributed by atoms with Gasteiger partial charge < -0.3 is 9.47 Å². The summed E-state index contributed by atoms with van der Waals surface area (Å²) >= 11 is 0. The van der Waals surface area contributed by atoms with Gasteiger partial charge in [-0.15, -0.1) is 0 Å². The summed E-state index contributed by atoms with van der Waals surface area (Å²) in [5.41, 5.74) is 26.1. The smallest absolute Gasteiger partial charge is 0.0714 e. The van der Waals surface area contributed by atoms with Crippen LogP contribution in [0.1, 0.15) is 88.9 Å². The van der Waals surface area contributed by atoms with Crippen molar-refractivity contribution in [3.05, 3.63) is 346 Å². The van der Waals surface area contributed by atoms with Gasteiger partial charge in [-0.05, 0) is 174 Å². The van der Waals surface area contributed by atoms with E-state index >= 15 is 0 Å². The topological polar surface area (TPSA) is 8.17 Å². The number of aromatic nitrogens is 1. The van der Waals surface area contributed by atoms with Crippen LogP contribution in [0.2, 0.25) is 0 Å². The molecule has 2 nitrogen and oxygen atoms in total. The minimum Gasteiger partial charge on any atom is -0.310 e. The molecule has 0 saturated heterocycles. The van der Waals surface area contributed by atoms with Gasteiger partial charge in [-0.1, -0.05) is 287 Å². The molecule has 0 radical (unpaired) electrons. The van der Waals surface area contributed by atoms with Crippen molar-refractivity contribution < 1.29 is 0 Å². The molecule has 1 aliphatic rings. The van der Waals surface area contributed by atoms with E-state index < -0.39 is 5.41 Å². The summed E-state index contributed by atoms with van der Waals surface area (Å²) in [5, 5.41) is 7.67. The number of benzene rings is 13. The zero-order valence-corrected chi connectivity index (χ0v) is 53.0. The first-order valence-electron chi connectivity index (χ1n) is 31.4. The van der Waals surface area contributed by atoms with Crippen molar-refractivity contribution in [2.45, 2.75) is 81.6 Å². The average molecular weight is 1140 g/mol. The molecule has 2 heteroatoms. The van der Waals surface area contributed by atoms with E-state index in [4.69, 9.17) is 0 Å². The Balaban J connectivity index is 0.000000193. The molecule has 0 atom stereocenters. The minimum atomic E-state index is -0.527. The summed E-state index contributed by atoms with van der Waals surface area (Å²) in [6, 6.07) is 104. The van der Waals surface area contributed by atoms with Crippen LogP contribution in [0.4, 0.5) is 17.1 Å². The quantitative estimate of drug-likeness (QED) is 0.154. The molecule has 0 unspecified atom stereocenters. The van der Waals surface area contributed by atoms with Gasteiger partial charge in [-0.2, -0.15) is 0 Å². The van der Waals surface area contributed by atoms with Crippen LogP contribution in [0.25, 0.3) is 71.3 Å². The molecule has 1 heterocycles. The van der Waals surface area contributed by atoms with Crippen LogP contribution in [0.3, 0.4) is 0 Å². The van der Waals surface area contributed by atoms with Crippen molar-refractivity contribution in [1.82, 2.24) is 4.57 Å². The largest absolute Gasteiger partial charge is 0.310 e. The molecule has 0 spiro atoms. The number of fused-ring (bicyclic) bond motifs is 9. The Morgan fingerprint density at radius 3 is 1.48 bits per heavy atom. The molecule has 1 aliphatic carbocycles. The van der Waals surface area contributed by atoms with Gasteiger partial charge in [0.05, 0.1) is 27.8 Å². The predicted octanol–water partition coefficient (Wildman–Crippen LogP) is 24.2. The van der Waals surface area contributed by atoms with Gasteiger partial charge in [0, 0.05) is 27.5 Å². The molecule has 14 aromatic rings. The van der Waals surface area contributed by atoms with Crippen LogP contribution in [-0.2, 0) is 5.41 Å². The molecular formula is C86H80N2. The van der Waals surface area contributed by atoms with Crippen LogP contribution in [0, 0.1) is 48.5 Å². The lowest BCUT2D eigenvalue weighted by atomic mass is 9.67.